The van der Waals surface area contributed by atoms with E-state index in [1.165, 1.54) is 11.1 Å². The molecule has 0 aromatic heterocycles. The number of rotatable bonds is 7. The smallest absolute Gasteiger partial charge is 0.306 e. The number of nitrogens with zero attached hydrogens (tertiary/aromatic N) is 1. The summed E-state index contributed by atoms with van der Waals surface area (Å²) in [5, 5.41) is 8.81. The number of hydrogen-bond acceptors (Lipinski definition) is 2. The van der Waals surface area contributed by atoms with Crippen molar-refractivity contribution in [2.45, 2.75) is 26.7 Å². The van der Waals surface area contributed by atoms with Crippen LogP contribution in [0.2, 0.25) is 0 Å². The summed E-state index contributed by atoms with van der Waals surface area (Å²) in [6, 6.07) is 8.52. The van der Waals surface area contributed by atoms with Gasteiger partial charge in [-0.05, 0) is 38.9 Å². The van der Waals surface area contributed by atoms with Crippen molar-refractivity contribution >= 4 is 5.97 Å². The van der Waals surface area contributed by atoms with Crippen molar-refractivity contribution in [3.63, 3.8) is 0 Å². The highest BCUT2D eigenvalue weighted by Crippen LogP contribution is 2.07. The Morgan fingerprint density at radius 2 is 2.11 bits per heavy atom. The number of aliphatic carboxylic acids is 1. The Bertz CT molecular complexity index is 390. The molecule has 0 saturated heterocycles. The van der Waals surface area contributed by atoms with Gasteiger partial charge in [-0.1, -0.05) is 36.8 Å². The second-order valence-corrected chi connectivity index (χ2v) is 5.07. The third-order valence-corrected chi connectivity index (χ3v) is 3.23. The second kappa shape index (κ2) is 7.17. The first-order valence-electron chi connectivity index (χ1n) is 6.46. The molecule has 100 valence electrons. The number of likely N-dealkylation sites (N-methyl/N-ethyl adjacent to an activating group) is 1. The third kappa shape index (κ3) is 5.32. The molecule has 0 spiro atoms. The normalized spacial score (nSPS) is 12.7. The van der Waals surface area contributed by atoms with Crippen LogP contribution in [-0.4, -0.2) is 36.1 Å². The largest absolute Gasteiger partial charge is 0.481 e. The molecule has 1 aromatic rings. The van der Waals surface area contributed by atoms with Gasteiger partial charge >= 0.3 is 5.97 Å². The molecule has 0 radical (unpaired) electrons. The lowest BCUT2D eigenvalue weighted by molar-refractivity contribution is -0.141. The fourth-order valence-corrected chi connectivity index (χ4v) is 1.84. The van der Waals surface area contributed by atoms with Gasteiger partial charge in [-0.15, -0.1) is 0 Å². The first kappa shape index (κ1) is 14.7. The highest BCUT2D eigenvalue weighted by atomic mass is 16.4. The summed E-state index contributed by atoms with van der Waals surface area (Å²) in [6.07, 6.45) is 1.72. The molecule has 0 saturated carbocycles. The average Bonchev–Trinajstić information content (AvgIpc) is 2.33. The molecule has 1 rings (SSSR count). The molecule has 1 aromatic carbocycles. The molecule has 0 bridgehead atoms. The third-order valence-electron chi connectivity index (χ3n) is 3.23. The number of aryl methyl sites for hydroxylation is 1. The Morgan fingerprint density at radius 1 is 1.39 bits per heavy atom. The molecular formula is C15H23NO2. The van der Waals surface area contributed by atoms with E-state index < -0.39 is 5.97 Å². The lowest BCUT2D eigenvalue weighted by atomic mass is 10.1. The van der Waals surface area contributed by atoms with E-state index in [0.717, 1.165) is 19.5 Å². The Hall–Kier alpha value is -1.35. The summed E-state index contributed by atoms with van der Waals surface area (Å²) in [5.41, 5.74) is 2.63. The molecule has 1 atom stereocenters. The van der Waals surface area contributed by atoms with Crippen LogP contribution >= 0.6 is 0 Å². The molecule has 0 fully saturated rings. The molecule has 0 aliphatic carbocycles. The molecular weight excluding hydrogens is 226 g/mol. The Balaban J connectivity index is 2.29. The molecule has 18 heavy (non-hydrogen) atoms. The van der Waals surface area contributed by atoms with E-state index in [4.69, 9.17) is 5.11 Å². The Morgan fingerprint density at radius 3 is 2.72 bits per heavy atom. The van der Waals surface area contributed by atoms with Gasteiger partial charge in [0.25, 0.3) is 0 Å². The van der Waals surface area contributed by atoms with Gasteiger partial charge in [0.2, 0.25) is 0 Å². The van der Waals surface area contributed by atoms with E-state index in [9.17, 15) is 4.79 Å². The maximum absolute atomic E-state index is 10.7. The molecule has 1 N–H and O–H groups in total. The topological polar surface area (TPSA) is 40.5 Å². The van der Waals surface area contributed by atoms with Crippen LogP contribution in [0.25, 0.3) is 0 Å². The highest BCUT2D eigenvalue weighted by molar-refractivity contribution is 5.69. The lowest BCUT2D eigenvalue weighted by Crippen LogP contribution is -2.25. The number of benzene rings is 1. The van der Waals surface area contributed by atoms with E-state index in [-0.39, 0.29) is 5.92 Å². The number of hydrogen-bond donors (Lipinski definition) is 1. The van der Waals surface area contributed by atoms with E-state index in [1.54, 1.807) is 6.92 Å². The number of carbonyl (C=O) groups is 1. The van der Waals surface area contributed by atoms with Gasteiger partial charge in [0.15, 0.2) is 0 Å². The van der Waals surface area contributed by atoms with Crippen molar-refractivity contribution in [2.24, 2.45) is 5.92 Å². The summed E-state index contributed by atoms with van der Waals surface area (Å²) in [4.78, 5) is 12.9. The fourth-order valence-electron chi connectivity index (χ4n) is 1.84. The minimum Gasteiger partial charge on any atom is -0.481 e. The zero-order chi connectivity index (χ0) is 13.5. The van der Waals surface area contributed by atoms with E-state index >= 15 is 0 Å². The van der Waals surface area contributed by atoms with E-state index in [0.29, 0.717) is 6.42 Å². The molecule has 0 amide bonds. The van der Waals surface area contributed by atoms with Gasteiger partial charge < -0.3 is 10.0 Å². The summed E-state index contributed by atoms with van der Waals surface area (Å²) in [5.74, 6) is -0.964. The van der Waals surface area contributed by atoms with Gasteiger partial charge in [0.05, 0.1) is 5.92 Å². The van der Waals surface area contributed by atoms with Crippen LogP contribution in [0.3, 0.4) is 0 Å². The summed E-state index contributed by atoms with van der Waals surface area (Å²) in [6.45, 7) is 5.66. The van der Waals surface area contributed by atoms with Gasteiger partial charge in [-0.25, -0.2) is 0 Å². The predicted molar refractivity (Wildman–Crippen MR) is 73.8 cm³/mol. The van der Waals surface area contributed by atoms with Gasteiger partial charge in [-0.3, -0.25) is 4.79 Å². The van der Waals surface area contributed by atoms with Gasteiger partial charge in [0.1, 0.15) is 0 Å². The standard InChI is InChI=1S/C15H23NO2/c1-12-5-4-6-14(11-12)8-10-16(3)9-7-13(2)15(17)18/h4-6,11,13H,7-10H2,1-3H3,(H,17,18). The van der Waals surface area contributed by atoms with Crippen molar-refractivity contribution in [1.82, 2.24) is 4.90 Å². The Kier molecular flexibility index (Phi) is 5.86. The highest BCUT2D eigenvalue weighted by Gasteiger charge is 2.11. The SMILES string of the molecule is Cc1cccc(CCN(C)CCC(C)C(=O)O)c1. The second-order valence-electron chi connectivity index (χ2n) is 5.07. The minimum absolute atomic E-state index is 0.258. The molecule has 1 unspecified atom stereocenters. The fraction of sp³-hybridized carbons (Fsp3) is 0.533. The van der Waals surface area contributed by atoms with Crippen LogP contribution in [0, 0.1) is 12.8 Å². The summed E-state index contributed by atoms with van der Waals surface area (Å²) >= 11 is 0. The number of carboxylic acid groups (broad SMARTS) is 1. The zero-order valence-electron chi connectivity index (χ0n) is 11.5. The van der Waals surface area contributed by atoms with Crippen LogP contribution in [-0.2, 0) is 11.2 Å². The van der Waals surface area contributed by atoms with Crippen molar-refractivity contribution < 1.29 is 9.90 Å². The van der Waals surface area contributed by atoms with E-state index in [1.807, 2.05) is 7.05 Å². The van der Waals surface area contributed by atoms with Crippen molar-refractivity contribution in [2.75, 3.05) is 20.1 Å². The van der Waals surface area contributed by atoms with Crippen molar-refractivity contribution in [3.05, 3.63) is 35.4 Å². The van der Waals surface area contributed by atoms with Crippen molar-refractivity contribution in [1.29, 1.82) is 0 Å². The van der Waals surface area contributed by atoms with Crippen LogP contribution < -0.4 is 0 Å². The monoisotopic (exact) mass is 249 g/mol. The van der Waals surface area contributed by atoms with Gasteiger partial charge in [-0.2, -0.15) is 0 Å². The molecule has 0 aliphatic rings. The van der Waals surface area contributed by atoms with Crippen LogP contribution in [0.1, 0.15) is 24.5 Å². The zero-order valence-corrected chi connectivity index (χ0v) is 11.5. The predicted octanol–water partition coefficient (Wildman–Crippen LogP) is 2.58. The van der Waals surface area contributed by atoms with Crippen LogP contribution in [0.15, 0.2) is 24.3 Å². The van der Waals surface area contributed by atoms with Crippen LogP contribution in [0.5, 0.6) is 0 Å². The van der Waals surface area contributed by atoms with Gasteiger partial charge in [0, 0.05) is 6.54 Å². The Labute approximate surface area is 109 Å². The van der Waals surface area contributed by atoms with Crippen molar-refractivity contribution in [3.8, 4) is 0 Å². The average molecular weight is 249 g/mol. The number of carboxylic acids is 1. The maximum Gasteiger partial charge on any atom is 0.306 e. The summed E-state index contributed by atoms with van der Waals surface area (Å²) in [7, 11) is 2.05. The maximum atomic E-state index is 10.7. The van der Waals surface area contributed by atoms with E-state index in [2.05, 4.69) is 36.1 Å². The summed E-state index contributed by atoms with van der Waals surface area (Å²) < 4.78 is 0. The molecule has 0 heterocycles. The lowest BCUT2D eigenvalue weighted by Gasteiger charge is -2.17. The molecule has 3 nitrogen and oxygen atoms in total. The quantitative estimate of drug-likeness (QED) is 0.807. The minimum atomic E-state index is -0.706. The molecule has 0 aliphatic heterocycles. The molecule has 3 heteroatoms. The first-order valence-corrected chi connectivity index (χ1v) is 6.46. The van der Waals surface area contributed by atoms with Crippen LogP contribution in [0.4, 0.5) is 0 Å². The first-order chi connectivity index (χ1) is 8.49.